The van der Waals surface area contributed by atoms with Gasteiger partial charge in [0.05, 0.1) is 26.5 Å². The van der Waals surface area contributed by atoms with Gasteiger partial charge in [-0.1, -0.05) is 0 Å². The second-order valence-electron chi connectivity index (χ2n) is 4.53. The number of nitrogen functional groups attached to an aromatic ring is 1. The number of anilines is 2. The maximum absolute atomic E-state index is 5.80. The predicted octanol–water partition coefficient (Wildman–Crippen LogP) is 0.361. The SMILES string of the molecule is COc1cncc(-c2nc(N)nc(N3CCOCC3)n2)c1. The highest BCUT2D eigenvalue weighted by molar-refractivity contribution is 5.58. The van der Waals surface area contributed by atoms with Gasteiger partial charge in [0, 0.05) is 24.8 Å². The molecule has 0 atom stereocenters. The van der Waals surface area contributed by atoms with Gasteiger partial charge in [0.2, 0.25) is 11.9 Å². The lowest BCUT2D eigenvalue weighted by Crippen LogP contribution is -2.37. The standard InChI is InChI=1S/C13H16N6O2/c1-20-10-6-9(7-15-8-10)11-16-12(14)18-13(17-11)19-2-4-21-5-3-19/h6-8H,2-5H2,1H3,(H2,14,16,17,18). The Balaban J connectivity index is 1.96. The van der Waals surface area contributed by atoms with Crippen LogP contribution in [0.2, 0.25) is 0 Å². The van der Waals surface area contributed by atoms with Crippen molar-refractivity contribution in [3.8, 4) is 17.1 Å². The third-order valence-corrected chi connectivity index (χ3v) is 3.14. The fraction of sp³-hybridized carbons (Fsp3) is 0.385. The van der Waals surface area contributed by atoms with Crippen LogP contribution in [-0.4, -0.2) is 53.3 Å². The molecular weight excluding hydrogens is 272 g/mol. The van der Waals surface area contributed by atoms with Crippen molar-refractivity contribution >= 4 is 11.9 Å². The molecule has 2 aromatic heterocycles. The summed E-state index contributed by atoms with van der Waals surface area (Å²) in [5.74, 6) is 1.86. The number of rotatable bonds is 3. The molecule has 3 heterocycles. The number of nitrogens with two attached hydrogens (primary N) is 1. The van der Waals surface area contributed by atoms with E-state index in [1.807, 2.05) is 11.0 Å². The van der Waals surface area contributed by atoms with Gasteiger partial charge in [-0.3, -0.25) is 4.98 Å². The summed E-state index contributed by atoms with van der Waals surface area (Å²) in [6, 6.07) is 1.81. The van der Waals surface area contributed by atoms with E-state index in [-0.39, 0.29) is 5.95 Å². The van der Waals surface area contributed by atoms with E-state index in [0.29, 0.717) is 30.7 Å². The van der Waals surface area contributed by atoms with Crippen molar-refractivity contribution in [3.05, 3.63) is 18.5 Å². The number of hydrogen-bond acceptors (Lipinski definition) is 8. The highest BCUT2D eigenvalue weighted by atomic mass is 16.5. The number of morpholine rings is 1. The van der Waals surface area contributed by atoms with E-state index >= 15 is 0 Å². The molecule has 8 heteroatoms. The molecule has 0 saturated carbocycles. The molecule has 0 aromatic carbocycles. The second-order valence-corrected chi connectivity index (χ2v) is 4.53. The van der Waals surface area contributed by atoms with Gasteiger partial charge in [-0.15, -0.1) is 0 Å². The molecule has 2 aromatic rings. The number of methoxy groups -OCH3 is 1. The number of pyridine rings is 1. The Hall–Kier alpha value is -2.48. The Kier molecular flexibility index (Phi) is 3.78. The van der Waals surface area contributed by atoms with Crippen LogP contribution >= 0.6 is 0 Å². The lowest BCUT2D eigenvalue weighted by molar-refractivity contribution is 0.122. The van der Waals surface area contributed by atoms with Gasteiger partial charge in [0.1, 0.15) is 5.75 Å². The third kappa shape index (κ3) is 3.00. The van der Waals surface area contributed by atoms with Crippen LogP contribution in [0, 0.1) is 0 Å². The van der Waals surface area contributed by atoms with Crippen LogP contribution in [0.4, 0.5) is 11.9 Å². The van der Waals surface area contributed by atoms with Crippen LogP contribution in [0.1, 0.15) is 0 Å². The number of hydrogen-bond donors (Lipinski definition) is 1. The predicted molar refractivity (Wildman–Crippen MR) is 77.1 cm³/mol. The minimum Gasteiger partial charge on any atom is -0.495 e. The highest BCUT2D eigenvalue weighted by Gasteiger charge is 2.16. The van der Waals surface area contributed by atoms with Crippen LogP contribution in [0.3, 0.4) is 0 Å². The summed E-state index contributed by atoms with van der Waals surface area (Å²) in [5.41, 5.74) is 6.54. The van der Waals surface area contributed by atoms with Crippen molar-refractivity contribution in [2.75, 3.05) is 44.0 Å². The quantitative estimate of drug-likeness (QED) is 0.864. The number of ether oxygens (including phenoxy) is 2. The zero-order chi connectivity index (χ0) is 14.7. The van der Waals surface area contributed by atoms with Gasteiger partial charge in [0.25, 0.3) is 0 Å². The van der Waals surface area contributed by atoms with Crippen LogP contribution in [0.25, 0.3) is 11.4 Å². The van der Waals surface area contributed by atoms with E-state index in [1.54, 1.807) is 19.5 Å². The Labute approximate surface area is 122 Å². The summed E-state index contributed by atoms with van der Waals surface area (Å²) < 4.78 is 10.5. The Morgan fingerprint density at radius 3 is 2.76 bits per heavy atom. The molecule has 0 bridgehead atoms. The van der Waals surface area contributed by atoms with Gasteiger partial charge < -0.3 is 20.1 Å². The molecule has 8 nitrogen and oxygen atoms in total. The Bertz CT molecular complexity index is 630. The minimum atomic E-state index is 0.185. The van der Waals surface area contributed by atoms with Gasteiger partial charge in [-0.25, -0.2) is 0 Å². The molecule has 1 aliphatic heterocycles. The van der Waals surface area contributed by atoms with Crippen LogP contribution < -0.4 is 15.4 Å². The van der Waals surface area contributed by atoms with Gasteiger partial charge >= 0.3 is 0 Å². The van der Waals surface area contributed by atoms with Crippen molar-refractivity contribution < 1.29 is 9.47 Å². The van der Waals surface area contributed by atoms with E-state index in [9.17, 15) is 0 Å². The third-order valence-electron chi connectivity index (χ3n) is 3.14. The largest absolute Gasteiger partial charge is 0.495 e. The van der Waals surface area contributed by atoms with Crippen molar-refractivity contribution in [1.82, 2.24) is 19.9 Å². The average Bonchev–Trinajstić information content (AvgIpc) is 2.55. The van der Waals surface area contributed by atoms with Crippen LogP contribution in [0.15, 0.2) is 18.5 Å². The molecule has 1 saturated heterocycles. The highest BCUT2D eigenvalue weighted by Crippen LogP contribution is 2.21. The van der Waals surface area contributed by atoms with E-state index in [4.69, 9.17) is 15.2 Å². The average molecular weight is 288 g/mol. The van der Waals surface area contributed by atoms with Crippen molar-refractivity contribution in [1.29, 1.82) is 0 Å². The smallest absolute Gasteiger partial charge is 0.230 e. The molecule has 0 amide bonds. The lowest BCUT2D eigenvalue weighted by atomic mass is 10.2. The Morgan fingerprint density at radius 1 is 1.19 bits per heavy atom. The molecule has 21 heavy (non-hydrogen) atoms. The summed E-state index contributed by atoms with van der Waals surface area (Å²) in [7, 11) is 1.59. The zero-order valence-electron chi connectivity index (χ0n) is 11.7. The maximum Gasteiger partial charge on any atom is 0.230 e. The number of aromatic nitrogens is 4. The maximum atomic E-state index is 5.80. The Morgan fingerprint density at radius 2 is 2.00 bits per heavy atom. The molecule has 1 fully saturated rings. The summed E-state index contributed by atoms with van der Waals surface area (Å²) in [4.78, 5) is 19.0. The van der Waals surface area contributed by atoms with Crippen molar-refractivity contribution in [2.24, 2.45) is 0 Å². The van der Waals surface area contributed by atoms with E-state index in [2.05, 4.69) is 19.9 Å². The van der Waals surface area contributed by atoms with Crippen molar-refractivity contribution in [3.63, 3.8) is 0 Å². The van der Waals surface area contributed by atoms with E-state index in [1.165, 1.54) is 0 Å². The molecular formula is C13H16N6O2. The fourth-order valence-electron chi connectivity index (χ4n) is 2.07. The summed E-state index contributed by atoms with van der Waals surface area (Å²) in [6.07, 6.45) is 3.29. The van der Waals surface area contributed by atoms with Gasteiger partial charge in [0.15, 0.2) is 5.82 Å². The van der Waals surface area contributed by atoms with Gasteiger partial charge in [-0.2, -0.15) is 15.0 Å². The van der Waals surface area contributed by atoms with E-state index in [0.717, 1.165) is 18.7 Å². The first-order valence-corrected chi connectivity index (χ1v) is 6.60. The fourth-order valence-corrected chi connectivity index (χ4v) is 2.07. The molecule has 110 valence electrons. The molecule has 3 rings (SSSR count). The monoisotopic (exact) mass is 288 g/mol. The molecule has 0 spiro atoms. The molecule has 1 aliphatic rings. The first-order valence-electron chi connectivity index (χ1n) is 6.60. The van der Waals surface area contributed by atoms with Crippen LogP contribution in [0.5, 0.6) is 5.75 Å². The zero-order valence-corrected chi connectivity index (χ0v) is 11.7. The molecule has 0 aliphatic carbocycles. The topological polar surface area (TPSA) is 99.3 Å². The molecule has 2 N–H and O–H groups in total. The van der Waals surface area contributed by atoms with Crippen LogP contribution in [-0.2, 0) is 4.74 Å². The summed E-state index contributed by atoms with van der Waals surface area (Å²) in [6.45, 7) is 2.78. The summed E-state index contributed by atoms with van der Waals surface area (Å²) >= 11 is 0. The summed E-state index contributed by atoms with van der Waals surface area (Å²) in [5, 5.41) is 0. The molecule has 0 radical (unpaired) electrons. The first kappa shape index (κ1) is 13.5. The minimum absolute atomic E-state index is 0.185. The number of nitrogens with zero attached hydrogens (tertiary/aromatic N) is 5. The molecule has 0 unspecified atom stereocenters. The second kappa shape index (κ2) is 5.88. The van der Waals surface area contributed by atoms with E-state index < -0.39 is 0 Å². The van der Waals surface area contributed by atoms with Gasteiger partial charge in [-0.05, 0) is 6.07 Å². The lowest BCUT2D eigenvalue weighted by Gasteiger charge is -2.26. The normalized spacial score (nSPS) is 15.0. The first-order chi connectivity index (χ1) is 10.3. The van der Waals surface area contributed by atoms with Crippen molar-refractivity contribution in [2.45, 2.75) is 0 Å².